The first-order valence-electron chi connectivity index (χ1n) is 5.48. The Morgan fingerprint density at radius 2 is 1.75 bits per heavy atom. The van der Waals surface area contributed by atoms with Gasteiger partial charge < -0.3 is 15.9 Å². The van der Waals surface area contributed by atoms with Crippen molar-refractivity contribution < 1.29 is 28.2 Å². The van der Waals surface area contributed by atoms with Gasteiger partial charge in [0.25, 0.3) is 0 Å². The highest BCUT2D eigenvalue weighted by atomic mass is 32.2. The van der Waals surface area contributed by atoms with E-state index in [2.05, 4.69) is 0 Å². The molecule has 0 bridgehead atoms. The molecule has 0 aliphatic rings. The van der Waals surface area contributed by atoms with E-state index in [-0.39, 0.29) is 10.5 Å². The summed E-state index contributed by atoms with van der Waals surface area (Å²) >= 11 is 0. The predicted molar refractivity (Wildman–Crippen MR) is 68.4 cm³/mol. The van der Waals surface area contributed by atoms with Crippen LogP contribution in [-0.4, -0.2) is 42.7 Å². The van der Waals surface area contributed by atoms with Gasteiger partial charge in [-0.25, -0.2) is 8.42 Å². The molecule has 0 heterocycles. The summed E-state index contributed by atoms with van der Waals surface area (Å²) in [4.78, 5) is 21.5. The van der Waals surface area contributed by atoms with E-state index in [0.29, 0.717) is 0 Å². The SMILES string of the molecule is CC(O)C(NS(=O)(=O)c1ccc(C(N)=O)cc1)C(=O)O. The maximum absolute atomic E-state index is 11.9. The van der Waals surface area contributed by atoms with E-state index < -0.39 is 34.0 Å². The van der Waals surface area contributed by atoms with Crippen molar-refractivity contribution in [2.45, 2.75) is 24.0 Å². The summed E-state index contributed by atoms with van der Waals surface area (Å²) in [5.41, 5.74) is 5.14. The van der Waals surface area contributed by atoms with Crippen LogP contribution in [0.15, 0.2) is 29.2 Å². The lowest BCUT2D eigenvalue weighted by atomic mass is 10.2. The van der Waals surface area contributed by atoms with E-state index in [1.54, 1.807) is 0 Å². The third-order valence-electron chi connectivity index (χ3n) is 2.48. The number of nitrogens with two attached hydrogens (primary N) is 1. The quantitative estimate of drug-likeness (QED) is 0.524. The summed E-state index contributed by atoms with van der Waals surface area (Å²) in [6, 6.07) is 2.97. The number of rotatable bonds is 6. The Balaban J connectivity index is 3.04. The molecule has 9 heteroatoms. The molecular weight excluding hydrogens is 288 g/mol. The molecule has 0 fully saturated rings. The highest BCUT2D eigenvalue weighted by Gasteiger charge is 2.29. The average Bonchev–Trinajstić information content (AvgIpc) is 2.35. The van der Waals surface area contributed by atoms with Crippen molar-refractivity contribution in [1.82, 2.24) is 4.72 Å². The van der Waals surface area contributed by atoms with Gasteiger partial charge in [-0.3, -0.25) is 9.59 Å². The van der Waals surface area contributed by atoms with Gasteiger partial charge in [0.05, 0.1) is 11.0 Å². The van der Waals surface area contributed by atoms with Gasteiger partial charge in [-0.2, -0.15) is 4.72 Å². The van der Waals surface area contributed by atoms with Gasteiger partial charge in [0, 0.05) is 5.56 Å². The summed E-state index contributed by atoms with van der Waals surface area (Å²) in [7, 11) is -4.13. The number of aliphatic hydroxyl groups is 1. The molecule has 1 aromatic rings. The highest BCUT2D eigenvalue weighted by molar-refractivity contribution is 7.89. The van der Waals surface area contributed by atoms with Gasteiger partial charge in [-0.1, -0.05) is 0 Å². The van der Waals surface area contributed by atoms with Crippen molar-refractivity contribution >= 4 is 21.9 Å². The molecule has 1 amide bonds. The normalized spacial score (nSPS) is 14.5. The Bertz CT molecular complexity index is 608. The second kappa shape index (κ2) is 5.99. The number of carboxylic acids is 1. The molecule has 20 heavy (non-hydrogen) atoms. The molecule has 0 aliphatic heterocycles. The van der Waals surface area contributed by atoms with Crippen molar-refractivity contribution in [2.75, 3.05) is 0 Å². The van der Waals surface area contributed by atoms with Gasteiger partial charge >= 0.3 is 5.97 Å². The first kappa shape index (κ1) is 16.1. The standard InChI is InChI=1S/C11H14N2O6S/c1-6(14)9(11(16)17)13-20(18,19)8-4-2-7(3-5-8)10(12)15/h2-6,9,13-14H,1H3,(H2,12,15)(H,16,17). The fraction of sp³-hybridized carbons (Fsp3) is 0.273. The maximum Gasteiger partial charge on any atom is 0.324 e. The van der Waals surface area contributed by atoms with Gasteiger partial charge in [0.2, 0.25) is 15.9 Å². The number of carbonyl (C=O) groups is 2. The number of primary amides is 1. The second-order valence-electron chi connectivity index (χ2n) is 4.07. The van der Waals surface area contributed by atoms with E-state index >= 15 is 0 Å². The van der Waals surface area contributed by atoms with Crippen LogP contribution in [0.2, 0.25) is 0 Å². The third kappa shape index (κ3) is 3.76. The minimum atomic E-state index is -4.13. The zero-order valence-corrected chi connectivity index (χ0v) is 11.3. The number of aliphatic carboxylic acids is 1. The number of benzene rings is 1. The van der Waals surface area contributed by atoms with Crippen LogP contribution in [0.1, 0.15) is 17.3 Å². The van der Waals surface area contributed by atoms with Crippen LogP contribution in [0.4, 0.5) is 0 Å². The molecule has 0 saturated heterocycles. The Labute approximate surface area is 115 Å². The van der Waals surface area contributed by atoms with E-state index in [1.165, 1.54) is 12.1 Å². The monoisotopic (exact) mass is 302 g/mol. The Kier molecular flexibility index (Phi) is 4.82. The lowest BCUT2D eigenvalue weighted by molar-refractivity contribution is -0.141. The molecule has 1 aromatic carbocycles. The Hall–Kier alpha value is -1.97. The first-order valence-corrected chi connectivity index (χ1v) is 6.96. The van der Waals surface area contributed by atoms with Crippen molar-refractivity contribution in [3.8, 4) is 0 Å². The molecule has 0 radical (unpaired) electrons. The lowest BCUT2D eigenvalue weighted by Gasteiger charge is -2.17. The maximum atomic E-state index is 11.9. The van der Waals surface area contributed by atoms with Gasteiger partial charge in [0.15, 0.2) is 0 Å². The number of aliphatic hydroxyl groups excluding tert-OH is 1. The fourth-order valence-electron chi connectivity index (χ4n) is 1.39. The number of hydrogen-bond acceptors (Lipinski definition) is 5. The van der Waals surface area contributed by atoms with Crippen LogP contribution in [0.5, 0.6) is 0 Å². The number of sulfonamides is 1. The van der Waals surface area contributed by atoms with Crippen LogP contribution in [0, 0.1) is 0 Å². The summed E-state index contributed by atoms with van der Waals surface area (Å²) in [6.45, 7) is 1.15. The molecule has 0 spiro atoms. The van der Waals surface area contributed by atoms with Crippen molar-refractivity contribution in [3.05, 3.63) is 29.8 Å². The highest BCUT2D eigenvalue weighted by Crippen LogP contribution is 2.11. The van der Waals surface area contributed by atoms with Crippen LogP contribution in [0.25, 0.3) is 0 Å². The largest absolute Gasteiger partial charge is 0.480 e. The van der Waals surface area contributed by atoms with E-state index in [4.69, 9.17) is 10.8 Å². The molecule has 0 saturated carbocycles. The number of amides is 1. The summed E-state index contributed by atoms with van der Waals surface area (Å²) in [6.07, 6.45) is -1.41. The van der Waals surface area contributed by atoms with Crippen LogP contribution >= 0.6 is 0 Å². The number of carboxylic acid groups (broad SMARTS) is 1. The number of carbonyl (C=O) groups excluding carboxylic acids is 1. The van der Waals surface area contributed by atoms with Gasteiger partial charge in [-0.05, 0) is 31.2 Å². The van der Waals surface area contributed by atoms with E-state index in [1.807, 2.05) is 4.72 Å². The molecule has 1 rings (SSSR count). The van der Waals surface area contributed by atoms with Crippen LogP contribution < -0.4 is 10.5 Å². The molecule has 110 valence electrons. The lowest BCUT2D eigenvalue weighted by Crippen LogP contribution is -2.47. The van der Waals surface area contributed by atoms with E-state index in [0.717, 1.165) is 19.1 Å². The fourth-order valence-corrected chi connectivity index (χ4v) is 2.65. The van der Waals surface area contributed by atoms with E-state index in [9.17, 15) is 23.1 Å². The average molecular weight is 302 g/mol. The van der Waals surface area contributed by atoms with Crippen LogP contribution in [-0.2, 0) is 14.8 Å². The molecular formula is C11H14N2O6S. The number of nitrogens with one attached hydrogen (secondary N) is 1. The second-order valence-corrected chi connectivity index (χ2v) is 5.78. The van der Waals surface area contributed by atoms with Gasteiger partial charge in [-0.15, -0.1) is 0 Å². The Morgan fingerprint density at radius 3 is 2.10 bits per heavy atom. The van der Waals surface area contributed by atoms with Crippen molar-refractivity contribution in [3.63, 3.8) is 0 Å². The summed E-state index contributed by atoms with van der Waals surface area (Å²) < 4.78 is 25.7. The zero-order chi connectivity index (χ0) is 15.5. The topological polar surface area (TPSA) is 147 Å². The minimum Gasteiger partial charge on any atom is -0.480 e. The zero-order valence-electron chi connectivity index (χ0n) is 10.5. The molecule has 2 atom stereocenters. The molecule has 5 N–H and O–H groups in total. The van der Waals surface area contributed by atoms with Gasteiger partial charge in [0.1, 0.15) is 6.04 Å². The summed E-state index contributed by atoms with van der Waals surface area (Å²) in [5, 5.41) is 18.1. The predicted octanol–water partition coefficient (Wildman–Crippen LogP) is -1.10. The Morgan fingerprint density at radius 1 is 1.25 bits per heavy atom. The molecule has 0 aromatic heterocycles. The van der Waals surface area contributed by atoms with Crippen molar-refractivity contribution in [1.29, 1.82) is 0 Å². The summed E-state index contributed by atoms with van der Waals surface area (Å²) in [5.74, 6) is -2.22. The molecule has 0 aliphatic carbocycles. The molecule has 8 nitrogen and oxygen atoms in total. The smallest absolute Gasteiger partial charge is 0.324 e. The molecule has 2 unspecified atom stereocenters. The number of hydrogen-bond donors (Lipinski definition) is 4. The third-order valence-corrected chi connectivity index (χ3v) is 3.94. The van der Waals surface area contributed by atoms with Crippen LogP contribution in [0.3, 0.4) is 0 Å². The van der Waals surface area contributed by atoms with Crippen molar-refractivity contribution in [2.24, 2.45) is 5.73 Å². The minimum absolute atomic E-state index is 0.120. The first-order chi connectivity index (χ1) is 9.15.